The lowest BCUT2D eigenvalue weighted by Gasteiger charge is -2.29. The van der Waals surface area contributed by atoms with Crippen LogP contribution in [0.1, 0.15) is 63.5 Å². The Kier molecular flexibility index (Phi) is 3.98. The molecule has 0 radical (unpaired) electrons. The normalized spacial score (nSPS) is 17.6. The van der Waals surface area contributed by atoms with Gasteiger partial charge in [-0.15, -0.1) is 12.6 Å². The predicted molar refractivity (Wildman–Crippen MR) is 78.8 cm³/mol. The smallest absolute Gasteiger partial charge is 0.00432 e. The summed E-state index contributed by atoms with van der Waals surface area (Å²) in [7, 11) is 0. The first kappa shape index (κ1) is 12.8. The molecule has 1 aromatic carbocycles. The van der Waals surface area contributed by atoms with Crippen molar-refractivity contribution >= 4 is 18.2 Å². The molecule has 0 amide bonds. The zero-order chi connectivity index (χ0) is 12.4. The second-order valence-electron chi connectivity index (χ2n) is 5.16. The highest BCUT2D eigenvalue weighted by Crippen LogP contribution is 2.41. The highest BCUT2D eigenvalue weighted by Gasteiger charge is 2.22. The van der Waals surface area contributed by atoms with E-state index in [1.165, 1.54) is 41.5 Å². The lowest BCUT2D eigenvalue weighted by Crippen LogP contribution is -2.11. The number of hydrogen-bond acceptors (Lipinski definition) is 1. The summed E-state index contributed by atoms with van der Waals surface area (Å²) in [6.07, 6.45) is 5.22. The molecule has 0 unspecified atom stereocenters. The molecular formula is C16H22S. The van der Waals surface area contributed by atoms with Crippen LogP contribution < -0.4 is 0 Å². The molecule has 1 aliphatic rings. The van der Waals surface area contributed by atoms with Gasteiger partial charge in [0.25, 0.3) is 0 Å². The molecule has 1 saturated carbocycles. The molecule has 2 rings (SSSR count). The van der Waals surface area contributed by atoms with Crippen LogP contribution in [0.15, 0.2) is 28.7 Å². The lowest BCUT2D eigenvalue weighted by atomic mass is 9.77. The van der Waals surface area contributed by atoms with E-state index in [9.17, 15) is 0 Å². The van der Waals surface area contributed by atoms with Crippen LogP contribution in [0.5, 0.6) is 0 Å². The first-order chi connectivity index (χ1) is 8.13. The number of rotatable bonds is 3. The molecule has 17 heavy (non-hydrogen) atoms. The van der Waals surface area contributed by atoms with Gasteiger partial charge in [-0.3, -0.25) is 0 Å². The van der Waals surface area contributed by atoms with Crippen LogP contribution in [-0.4, -0.2) is 0 Å². The van der Waals surface area contributed by atoms with Gasteiger partial charge in [-0.25, -0.2) is 0 Å². The van der Waals surface area contributed by atoms with Crippen LogP contribution in [0.4, 0.5) is 0 Å². The van der Waals surface area contributed by atoms with Crippen LogP contribution in [-0.2, 0) is 0 Å². The first-order valence-corrected chi connectivity index (χ1v) is 7.07. The van der Waals surface area contributed by atoms with E-state index >= 15 is 0 Å². The summed E-state index contributed by atoms with van der Waals surface area (Å²) in [5.74, 6) is 0.775. The Morgan fingerprint density at radius 1 is 1.29 bits per heavy atom. The van der Waals surface area contributed by atoms with Gasteiger partial charge in [-0.1, -0.05) is 25.0 Å². The summed E-state index contributed by atoms with van der Waals surface area (Å²) in [4.78, 5) is 1.10. The van der Waals surface area contributed by atoms with Crippen molar-refractivity contribution < 1.29 is 0 Å². The van der Waals surface area contributed by atoms with Crippen LogP contribution in [0, 0.1) is 0 Å². The summed E-state index contributed by atoms with van der Waals surface area (Å²) in [5, 5.41) is 0. The zero-order valence-electron chi connectivity index (χ0n) is 11.1. The molecule has 0 aliphatic heterocycles. The van der Waals surface area contributed by atoms with E-state index in [4.69, 9.17) is 0 Å². The summed E-state index contributed by atoms with van der Waals surface area (Å²) in [6, 6.07) is 6.65. The summed E-state index contributed by atoms with van der Waals surface area (Å²) in [5.41, 5.74) is 5.93. The summed E-state index contributed by atoms with van der Waals surface area (Å²) >= 11 is 4.49. The second kappa shape index (κ2) is 5.30. The van der Waals surface area contributed by atoms with E-state index in [1.807, 2.05) is 0 Å². The maximum atomic E-state index is 4.49. The van der Waals surface area contributed by atoms with Gasteiger partial charge in [0.2, 0.25) is 0 Å². The van der Waals surface area contributed by atoms with Gasteiger partial charge < -0.3 is 0 Å². The number of hydrogen-bond donors (Lipinski definition) is 1. The topological polar surface area (TPSA) is 0 Å². The van der Waals surface area contributed by atoms with Crippen LogP contribution in [0.2, 0.25) is 0 Å². The third-order valence-corrected chi connectivity index (χ3v) is 4.43. The van der Waals surface area contributed by atoms with E-state index in [0.29, 0.717) is 0 Å². The standard InChI is InChI=1S/C16H22S/c1-4-11(2)12(3)15-9-8-14(17)10-16(15)13-6-5-7-13/h8-10,13,17H,4-7H2,1-3H3/b12-11+. The molecule has 1 aliphatic carbocycles. The summed E-state index contributed by atoms with van der Waals surface area (Å²) in [6.45, 7) is 6.73. The third kappa shape index (κ3) is 2.60. The average Bonchev–Trinajstić information content (AvgIpc) is 2.25. The SMILES string of the molecule is CC/C(C)=C(\C)c1ccc(S)cc1C1CCC1. The molecule has 0 atom stereocenters. The molecule has 1 aromatic rings. The Morgan fingerprint density at radius 3 is 2.53 bits per heavy atom. The maximum Gasteiger partial charge on any atom is 0.00432 e. The Morgan fingerprint density at radius 2 is 2.00 bits per heavy atom. The van der Waals surface area contributed by atoms with Crippen molar-refractivity contribution in [3.63, 3.8) is 0 Å². The molecule has 0 N–H and O–H groups in total. The predicted octanol–water partition coefficient (Wildman–Crippen LogP) is 5.45. The molecule has 1 heteroatoms. The van der Waals surface area contributed by atoms with E-state index in [2.05, 4.69) is 51.6 Å². The molecule has 1 fully saturated rings. The molecule has 92 valence electrons. The Balaban J connectivity index is 2.45. The van der Waals surface area contributed by atoms with E-state index in [0.717, 1.165) is 17.2 Å². The van der Waals surface area contributed by atoms with E-state index in [1.54, 1.807) is 0 Å². The molecule has 0 heterocycles. The highest BCUT2D eigenvalue weighted by molar-refractivity contribution is 7.80. The minimum Gasteiger partial charge on any atom is -0.143 e. The molecule has 0 spiro atoms. The van der Waals surface area contributed by atoms with Gasteiger partial charge in [0.05, 0.1) is 0 Å². The fourth-order valence-corrected chi connectivity index (χ4v) is 2.66. The van der Waals surface area contributed by atoms with Gasteiger partial charge in [0.15, 0.2) is 0 Å². The van der Waals surface area contributed by atoms with Crippen molar-refractivity contribution in [3.05, 3.63) is 34.9 Å². The lowest BCUT2D eigenvalue weighted by molar-refractivity contribution is 0.418. The van der Waals surface area contributed by atoms with Crippen molar-refractivity contribution in [3.8, 4) is 0 Å². The average molecular weight is 246 g/mol. The van der Waals surface area contributed by atoms with Crippen molar-refractivity contribution in [1.82, 2.24) is 0 Å². The van der Waals surface area contributed by atoms with Gasteiger partial charge in [-0.05, 0) is 67.9 Å². The zero-order valence-corrected chi connectivity index (χ0v) is 12.0. The van der Waals surface area contributed by atoms with Crippen LogP contribution in [0.3, 0.4) is 0 Å². The van der Waals surface area contributed by atoms with Crippen molar-refractivity contribution in [2.24, 2.45) is 0 Å². The Labute approximate surface area is 111 Å². The third-order valence-electron chi connectivity index (χ3n) is 4.15. The minimum absolute atomic E-state index is 0.775. The van der Waals surface area contributed by atoms with Gasteiger partial charge in [0.1, 0.15) is 0 Å². The van der Waals surface area contributed by atoms with Crippen LogP contribution in [0.25, 0.3) is 5.57 Å². The fraction of sp³-hybridized carbons (Fsp3) is 0.500. The highest BCUT2D eigenvalue weighted by atomic mass is 32.1. The fourth-order valence-electron chi connectivity index (χ4n) is 2.44. The second-order valence-corrected chi connectivity index (χ2v) is 5.67. The van der Waals surface area contributed by atoms with Crippen molar-refractivity contribution in [2.45, 2.75) is 57.3 Å². The van der Waals surface area contributed by atoms with Gasteiger partial charge in [-0.2, -0.15) is 0 Å². The molecule has 0 nitrogen and oxygen atoms in total. The Bertz CT molecular complexity index is 439. The minimum atomic E-state index is 0.775. The largest absolute Gasteiger partial charge is 0.143 e. The Hall–Kier alpha value is -0.690. The maximum absolute atomic E-state index is 4.49. The first-order valence-electron chi connectivity index (χ1n) is 6.63. The number of thiol groups is 1. The van der Waals surface area contributed by atoms with Crippen molar-refractivity contribution in [2.75, 3.05) is 0 Å². The molecule has 0 aromatic heterocycles. The molecular weight excluding hydrogens is 224 g/mol. The van der Waals surface area contributed by atoms with E-state index in [-0.39, 0.29) is 0 Å². The van der Waals surface area contributed by atoms with Gasteiger partial charge in [0, 0.05) is 4.90 Å². The molecule has 0 bridgehead atoms. The monoisotopic (exact) mass is 246 g/mol. The number of allylic oxidation sites excluding steroid dienone is 2. The van der Waals surface area contributed by atoms with Crippen LogP contribution >= 0.6 is 12.6 Å². The van der Waals surface area contributed by atoms with E-state index < -0.39 is 0 Å². The molecule has 0 saturated heterocycles. The van der Waals surface area contributed by atoms with Crippen molar-refractivity contribution in [1.29, 1.82) is 0 Å². The quantitative estimate of drug-likeness (QED) is 0.674. The number of benzene rings is 1. The van der Waals surface area contributed by atoms with Gasteiger partial charge >= 0.3 is 0 Å². The summed E-state index contributed by atoms with van der Waals surface area (Å²) < 4.78 is 0.